The van der Waals surface area contributed by atoms with Crippen molar-refractivity contribution in [3.63, 3.8) is 0 Å². The average molecular weight is 321 g/mol. The fraction of sp³-hybridized carbons (Fsp3) is 0.250. The molecule has 2 rings (SSSR count). The Labute approximate surface area is 130 Å². The largest absolute Gasteiger partial charge is 0.491 e. The van der Waals surface area contributed by atoms with Crippen LogP contribution in [0.2, 0.25) is 0 Å². The SMILES string of the molecule is CCc1ccc(S(=O)(=O)NOCCOc2ccccc2)cc1. The van der Waals surface area contributed by atoms with Gasteiger partial charge in [-0.1, -0.05) is 42.1 Å². The molecule has 6 heteroatoms. The molecule has 0 aliphatic rings. The van der Waals surface area contributed by atoms with Gasteiger partial charge in [0.2, 0.25) is 0 Å². The van der Waals surface area contributed by atoms with Crippen LogP contribution in [-0.2, 0) is 21.3 Å². The van der Waals surface area contributed by atoms with Crippen molar-refractivity contribution in [2.75, 3.05) is 13.2 Å². The number of hydrogen-bond donors (Lipinski definition) is 1. The zero-order valence-corrected chi connectivity index (χ0v) is 13.2. The van der Waals surface area contributed by atoms with Gasteiger partial charge < -0.3 is 4.74 Å². The van der Waals surface area contributed by atoms with E-state index in [1.54, 1.807) is 24.3 Å². The van der Waals surface area contributed by atoms with Crippen LogP contribution in [0.4, 0.5) is 0 Å². The van der Waals surface area contributed by atoms with Crippen molar-refractivity contribution in [3.8, 4) is 5.75 Å². The Morgan fingerprint density at radius 2 is 1.64 bits per heavy atom. The van der Waals surface area contributed by atoms with Gasteiger partial charge in [-0.3, -0.25) is 4.84 Å². The topological polar surface area (TPSA) is 64.6 Å². The van der Waals surface area contributed by atoms with Crippen LogP contribution in [0.15, 0.2) is 59.5 Å². The summed E-state index contributed by atoms with van der Waals surface area (Å²) < 4.78 is 29.4. The predicted octanol–water partition coefficient (Wildman–Crippen LogP) is 2.54. The summed E-state index contributed by atoms with van der Waals surface area (Å²) in [6.45, 7) is 2.38. The lowest BCUT2D eigenvalue weighted by molar-refractivity contribution is 0.0665. The van der Waals surface area contributed by atoms with Gasteiger partial charge in [0, 0.05) is 0 Å². The van der Waals surface area contributed by atoms with Crippen LogP contribution in [0.25, 0.3) is 0 Å². The molecule has 0 aromatic heterocycles. The Balaban J connectivity index is 1.77. The minimum Gasteiger partial charge on any atom is -0.491 e. The van der Waals surface area contributed by atoms with E-state index in [9.17, 15) is 8.42 Å². The van der Waals surface area contributed by atoms with Crippen LogP contribution >= 0.6 is 0 Å². The standard InChI is InChI=1S/C16H19NO4S/c1-2-14-8-10-16(11-9-14)22(18,19)17-21-13-12-20-15-6-4-3-5-7-15/h3-11,17H,2,12-13H2,1H3. The maximum Gasteiger partial charge on any atom is 0.262 e. The highest BCUT2D eigenvalue weighted by Gasteiger charge is 2.13. The summed E-state index contributed by atoms with van der Waals surface area (Å²) >= 11 is 0. The highest BCUT2D eigenvalue weighted by molar-refractivity contribution is 7.89. The van der Waals surface area contributed by atoms with Crippen molar-refractivity contribution in [2.45, 2.75) is 18.2 Å². The van der Waals surface area contributed by atoms with E-state index in [-0.39, 0.29) is 18.1 Å². The minimum absolute atomic E-state index is 0.112. The number of para-hydroxylation sites is 1. The van der Waals surface area contributed by atoms with Crippen molar-refractivity contribution >= 4 is 10.0 Å². The number of ether oxygens (including phenoxy) is 1. The van der Waals surface area contributed by atoms with Gasteiger partial charge in [0.15, 0.2) is 0 Å². The van der Waals surface area contributed by atoms with E-state index in [4.69, 9.17) is 9.57 Å². The van der Waals surface area contributed by atoms with Crippen molar-refractivity contribution < 1.29 is 18.0 Å². The Hall–Kier alpha value is -1.89. The first-order valence-electron chi connectivity index (χ1n) is 7.02. The fourth-order valence-corrected chi connectivity index (χ4v) is 2.62. The molecule has 0 spiro atoms. The number of rotatable bonds is 8. The number of benzene rings is 2. The molecule has 22 heavy (non-hydrogen) atoms. The molecule has 0 bridgehead atoms. The molecular weight excluding hydrogens is 302 g/mol. The maximum absolute atomic E-state index is 12.0. The van der Waals surface area contributed by atoms with Gasteiger partial charge in [-0.2, -0.15) is 0 Å². The molecule has 0 radical (unpaired) electrons. The van der Waals surface area contributed by atoms with E-state index in [2.05, 4.69) is 4.89 Å². The molecule has 2 aromatic rings. The van der Waals surface area contributed by atoms with Crippen molar-refractivity contribution in [2.24, 2.45) is 0 Å². The first-order chi connectivity index (χ1) is 10.6. The van der Waals surface area contributed by atoms with E-state index in [0.29, 0.717) is 5.75 Å². The quantitative estimate of drug-likeness (QED) is 0.599. The van der Waals surface area contributed by atoms with Crippen molar-refractivity contribution in [1.29, 1.82) is 0 Å². The first-order valence-corrected chi connectivity index (χ1v) is 8.50. The predicted molar refractivity (Wildman–Crippen MR) is 84.0 cm³/mol. The van der Waals surface area contributed by atoms with E-state index >= 15 is 0 Å². The Kier molecular flexibility index (Phi) is 5.94. The third-order valence-corrected chi connectivity index (χ3v) is 4.24. The van der Waals surface area contributed by atoms with Crippen LogP contribution < -0.4 is 9.62 Å². The summed E-state index contributed by atoms with van der Waals surface area (Å²) in [4.78, 5) is 7.23. The summed E-state index contributed by atoms with van der Waals surface area (Å²) in [5.74, 6) is 0.712. The Morgan fingerprint density at radius 3 is 2.27 bits per heavy atom. The van der Waals surface area contributed by atoms with Gasteiger partial charge in [0.1, 0.15) is 19.0 Å². The molecule has 1 N–H and O–H groups in total. The number of aryl methyl sites for hydroxylation is 1. The third kappa shape index (κ3) is 4.84. The van der Waals surface area contributed by atoms with E-state index in [1.165, 1.54) is 0 Å². The summed E-state index contributed by atoms with van der Waals surface area (Å²) in [5, 5.41) is 0. The fourth-order valence-electron chi connectivity index (χ4n) is 1.79. The lowest BCUT2D eigenvalue weighted by atomic mass is 10.2. The summed E-state index contributed by atoms with van der Waals surface area (Å²) in [5.41, 5.74) is 1.08. The molecule has 0 amide bonds. The van der Waals surface area contributed by atoms with Gasteiger partial charge in [-0.05, 0) is 36.2 Å². The van der Waals surface area contributed by atoms with Crippen molar-refractivity contribution in [1.82, 2.24) is 4.89 Å². The second-order valence-corrected chi connectivity index (χ2v) is 6.24. The Morgan fingerprint density at radius 1 is 0.955 bits per heavy atom. The van der Waals surface area contributed by atoms with Gasteiger partial charge in [0.25, 0.3) is 10.0 Å². The summed E-state index contributed by atoms with van der Waals surface area (Å²) in [7, 11) is -3.66. The highest BCUT2D eigenvalue weighted by Crippen LogP contribution is 2.11. The highest BCUT2D eigenvalue weighted by atomic mass is 32.2. The lowest BCUT2D eigenvalue weighted by Gasteiger charge is -2.09. The van der Waals surface area contributed by atoms with Gasteiger partial charge >= 0.3 is 0 Å². The van der Waals surface area contributed by atoms with E-state index < -0.39 is 10.0 Å². The second-order valence-electron chi connectivity index (χ2n) is 4.59. The molecule has 0 heterocycles. The van der Waals surface area contributed by atoms with Crippen LogP contribution in [-0.4, -0.2) is 21.6 Å². The number of sulfonamides is 1. The molecule has 0 unspecified atom stereocenters. The van der Waals surface area contributed by atoms with Crippen LogP contribution in [0.1, 0.15) is 12.5 Å². The molecule has 0 atom stereocenters. The zero-order chi connectivity index (χ0) is 15.8. The molecule has 5 nitrogen and oxygen atoms in total. The van der Waals surface area contributed by atoms with Gasteiger partial charge in [-0.15, -0.1) is 0 Å². The number of nitrogens with one attached hydrogen (secondary N) is 1. The van der Waals surface area contributed by atoms with Gasteiger partial charge in [-0.25, -0.2) is 8.42 Å². The molecule has 0 saturated carbocycles. The third-order valence-electron chi connectivity index (χ3n) is 3.01. The Bertz CT molecular complexity index is 669. The molecule has 118 valence electrons. The summed E-state index contributed by atoms with van der Waals surface area (Å²) in [6.07, 6.45) is 0.862. The van der Waals surface area contributed by atoms with Crippen LogP contribution in [0.3, 0.4) is 0 Å². The lowest BCUT2D eigenvalue weighted by Crippen LogP contribution is -2.26. The normalized spacial score (nSPS) is 11.3. The van der Waals surface area contributed by atoms with Crippen molar-refractivity contribution in [3.05, 3.63) is 60.2 Å². The van der Waals surface area contributed by atoms with Crippen LogP contribution in [0, 0.1) is 0 Å². The number of hydrogen-bond acceptors (Lipinski definition) is 4. The molecule has 0 fully saturated rings. The maximum atomic E-state index is 12.0. The second kappa shape index (κ2) is 7.93. The van der Waals surface area contributed by atoms with E-state index in [0.717, 1.165) is 12.0 Å². The zero-order valence-electron chi connectivity index (χ0n) is 12.4. The average Bonchev–Trinajstić information content (AvgIpc) is 2.55. The molecule has 0 aliphatic carbocycles. The molecule has 0 saturated heterocycles. The molecular formula is C16H19NO4S. The monoisotopic (exact) mass is 321 g/mol. The van der Waals surface area contributed by atoms with E-state index in [1.807, 2.05) is 37.3 Å². The first kappa shape index (κ1) is 16.5. The summed E-state index contributed by atoms with van der Waals surface area (Å²) in [6, 6.07) is 15.9. The minimum atomic E-state index is -3.66. The van der Waals surface area contributed by atoms with Crippen LogP contribution in [0.5, 0.6) is 5.75 Å². The molecule has 0 aliphatic heterocycles. The smallest absolute Gasteiger partial charge is 0.262 e. The van der Waals surface area contributed by atoms with Gasteiger partial charge in [0.05, 0.1) is 4.90 Å². The molecule has 2 aromatic carbocycles.